The van der Waals surface area contributed by atoms with Crippen LogP contribution in [0.3, 0.4) is 0 Å². The van der Waals surface area contributed by atoms with Crippen LogP contribution >= 0.6 is 0 Å². The minimum atomic E-state index is 0.138. The van der Waals surface area contributed by atoms with Gasteiger partial charge in [0.1, 0.15) is 0 Å². The summed E-state index contributed by atoms with van der Waals surface area (Å²) in [6.07, 6.45) is 1.18. The van der Waals surface area contributed by atoms with Crippen molar-refractivity contribution in [3.05, 3.63) is 0 Å². The fraction of sp³-hybridized carbons (Fsp3) is 0.917. The number of nitrogens with zero attached hydrogens (tertiary/aromatic N) is 1. The first-order valence-electron chi connectivity index (χ1n) is 6.16. The molecule has 0 fully saturated rings. The molecule has 0 aromatic heterocycles. The van der Waals surface area contributed by atoms with Crippen molar-refractivity contribution in [2.75, 3.05) is 19.7 Å². The lowest BCUT2D eigenvalue weighted by Crippen LogP contribution is -2.41. The Morgan fingerprint density at radius 1 is 1.38 bits per heavy atom. The summed E-state index contributed by atoms with van der Waals surface area (Å²) in [4.78, 5) is 13.8. The number of hydrogen-bond donors (Lipinski definition) is 2. The van der Waals surface area contributed by atoms with Gasteiger partial charge in [0.05, 0.1) is 0 Å². The van der Waals surface area contributed by atoms with Crippen LogP contribution in [0, 0.1) is 0 Å². The Morgan fingerprint density at radius 2 is 2.00 bits per heavy atom. The number of nitrogens with one attached hydrogen (secondary N) is 1. The topological polar surface area (TPSA) is 52.6 Å². The Labute approximate surface area is 99.0 Å². The molecule has 1 amide bonds. The zero-order valence-corrected chi connectivity index (χ0v) is 11.0. The average Bonchev–Trinajstić information content (AvgIpc) is 2.17. The largest absolute Gasteiger partial charge is 0.396 e. The molecule has 0 spiro atoms. The second kappa shape index (κ2) is 8.53. The lowest BCUT2D eigenvalue weighted by Gasteiger charge is -2.28. The maximum absolute atomic E-state index is 12.0. The van der Waals surface area contributed by atoms with E-state index in [1.54, 1.807) is 0 Å². The predicted octanol–water partition coefficient (Wildman–Crippen LogP) is 0.994. The van der Waals surface area contributed by atoms with Gasteiger partial charge in [0.25, 0.3) is 0 Å². The summed E-state index contributed by atoms with van der Waals surface area (Å²) in [7, 11) is 0. The maximum atomic E-state index is 12.0. The zero-order chi connectivity index (χ0) is 12.6. The normalized spacial score (nSPS) is 12.9. The monoisotopic (exact) mass is 230 g/mol. The van der Waals surface area contributed by atoms with E-state index in [0.717, 1.165) is 6.54 Å². The second-order valence-electron chi connectivity index (χ2n) is 4.42. The summed E-state index contributed by atoms with van der Waals surface area (Å²) in [6, 6.07) is 0.417. The van der Waals surface area contributed by atoms with Gasteiger partial charge < -0.3 is 15.3 Å². The molecule has 0 radical (unpaired) electrons. The quantitative estimate of drug-likeness (QED) is 0.654. The molecule has 0 saturated carbocycles. The molecule has 1 atom stereocenters. The molecule has 4 nitrogen and oxygen atoms in total. The zero-order valence-electron chi connectivity index (χ0n) is 11.0. The van der Waals surface area contributed by atoms with Crippen molar-refractivity contribution in [3.8, 4) is 0 Å². The number of carbonyl (C=O) groups is 1. The van der Waals surface area contributed by atoms with Crippen LogP contribution in [0.25, 0.3) is 0 Å². The minimum Gasteiger partial charge on any atom is -0.396 e. The number of rotatable bonds is 8. The van der Waals surface area contributed by atoms with Gasteiger partial charge in [-0.1, -0.05) is 6.92 Å². The standard InChI is InChI=1S/C12H26N2O2/c1-5-13-11(4)9-12(16)14(10(2)3)7-6-8-15/h10-11,13,15H,5-9H2,1-4H3. The Bertz CT molecular complexity index is 195. The van der Waals surface area contributed by atoms with Gasteiger partial charge in [-0.15, -0.1) is 0 Å². The van der Waals surface area contributed by atoms with E-state index in [4.69, 9.17) is 5.11 Å². The van der Waals surface area contributed by atoms with E-state index in [1.165, 1.54) is 0 Å². The smallest absolute Gasteiger partial charge is 0.224 e. The third-order valence-corrected chi connectivity index (χ3v) is 2.53. The highest BCUT2D eigenvalue weighted by Gasteiger charge is 2.18. The Morgan fingerprint density at radius 3 is 2.44 bits per heavy atom. The van der Waals surface area contributed by atoms with Gasteiger partial charge in [0.15, 0.2) is 0 Å². The fourth-order valence-corrected chi connectivity index (χ4v) is 1.71. The van der Waals surface area contributed by atoms with E-state index in [-0.39, 0.29) is 24.6 Å². The van der Waals surface area contributed by atoms with Gasteiger partial charge in [-0.05, 0) is 33.7 Å². The van der Waals surface area contributed by atoms with Crippen LogP contribution in [0.15, 0.2) is 0 Å². The molecule has 0 rings (SSSR count). The molecule has 0 saturated heterocycles. The highest BCUT2D eigenvalue weighted by molar-refractivity contribution is 5.77. The number of carbonyl (C=O) groups excluding carboxylic acids is 1. The highest BCUT2D eigenvalue weighted by atomic mass is 16.3. The van der Waals surface area contributed by atoms with Crippen molar-refractivity contribution in [1.29, 1.82) is 0 Å². The summed E-state index contributed by atoms with van der Waals surface area (Å²) in [5.41, 5.74) is 0. The summed E-state index contributed by atoms with van der Waals surface area (Å²) < 4.78 is 0. The van der Waals surface area contributed by atoms with Crippen LogP contribution in [0.2, 0.25) is 0 Å². The molecule has 16 heavy (non-hydrogen) atoms. The van der Waals surface area contributed by atoms with Crippen LogP contribution in [-0.4, -0.2) is 47.7 Å². The van der Waals surface area contributed by atoms with Crippen molar-refractivity contribution < 1.29 is 9.90 Å². The van der Waals surface area contributed by atoms with E-state index in [2.05, 4.69) is 5.32 Å². The van der Waals surface area contributed by atoms with Gasteiger partial charge in [0.2, 0.25) is 5.91 Å². The van der Waals surface area contributed by atoms with Crippen molar-refractivity contribution in [2.45, 2.75) is 52.6 Å². The minimum absolute atomic E-state index is 0.138. The molecule has 96 valence electrons. The van der Waals surface area contributed by atoms with E-state index in [1.807, 2.05) is 32.6 Å². The molecule has 0 aliphatic rings. The van der Waals surface area contributed by atoms with Gasteiger partial charge >= 0.3 is 0 Å². The number of aliphatic hydroxyl groups excluding tert-OH is 1. The second-order valence-corrected chi connectivity index (χ2v) is 4.42. The molecule has 4 heteroatoms. The van der Waals surface area contributed by atoms with E-state index < -0.39 is 0 Å². The lowest BCUT2D eigenvalue weighted by molar-refractivity contribution is -0.133. The maximum Gasteiger partial charge on any atom is 0.224 e. The molecule has 1 unspecified atom stereocenters. The van der Waals surface area contributed by atoms with Crippen LogP contribution in [0.5, 0.6) is 0 Å². The van der Waals surface area contributed by atoms with Gasteiger partial charge in [-0.25, -0.2) is 0 Å². The van der Waals surface area contributed by atoms with Crippen molar-refractivity contribution in [3.63, 3.8) is 0 Å². The Hall–Kier alpha value is -0.610. The van der Waals surface area contributed by atoms with Crippen LogP contribution in [-0.2, 0) is 4.79 Å². The third kappa shape index (κ3) is 6.08. The molecular weight excluding hydrogens is 204 g/mol. The van der Waals surface area contributed by atoms with E-state index in [9.17, 15) is 4.79 Å². The lowest BCUT2D eigenvalue weighted by atomic mass is 10.2. The molecule has 0 aliphatic carbocycles. The van der Waals surface area contributed by atoms with Crippen molar-refractivity contribution in [2.24, 2.45) is 0 Å². The van der Waals surface area contributed by atoms with Crippen LogP contribution in [0.1, 0.15) is 40.5 Å². The van der Waals surface area contributed by atoms with Crippen LogP contribution in [0.4, 0.5) is 0 Å². The van der Waals surface area contributed by atoms with E-state index in [0.29, 0.717) is 19.4 Å². The first-order chi connectivity index (χ1) is 7.52. The SMILES string of the molecule is CCNC(C)CC(=O)N(CCCO)C(C)C. The summed E-state index contributed by atoms with van der Waals surface area (Å²) in [6.45, 7) is 9.73. The fourth-order valence-electron chi connectivity index (χ4n) is 1.71. The highest BCUT2D eigenvalue weighted by Crippen LogP contribution is 2.05. The van der Waals surface area contributed by atoms with Crippen molar-refractivity contribution >= 4 is 5.91 Å². The van der Waals surface area contributed by atoms with Gasteiger partial charge in [0, 0.05) is 31.7 Å². The number of aliphatic hydroxyl groups is 1. The molecule has 0 bridgehead atoms. The van der Waals surface area contributed by atoms with Gasteiger partial charge in [-0.2, -0.15) is 0 Å². The molecule has 2 N–H and O–H groups in total. The van der Waals surface area contributed by atoms with E-state index >= 15 is 0 Å². The first-order valence-corrected chi connectivity index (χ1v) is 6.16. The molecule has 0 heterocycles. The number of amides is 1. The molecular formula is C12H26N2O2. The average molecular weight is 230 g/mol. The summed E-state index contributed by atoms with van der Waals surface area (Å²) in [5, 5.41) is 12.0. The molecule has 0 aromatic carbocycles. The number of hydrogen-bond acceptors (Lipinski definition) is 3. The first kappa shape index (κ1) is 15.4. The van der Waals surface area contributed by atoms with Gasteiger partial charge in [-0.3, -0.25) is 4.79 Å². The Balaban J connectivity index is 4.16. The van der Waals surface area contributed by atoms with Crippen molar-refractivity contribution in [1.82, 2.24) is 10.2 Å². The molecule has 0 aliphatic heterocycles. The summed E-state index contributed by atoms with van der Waals surface area (Å²) in [5.74, 6) is 0.164. The Kier molecular flexibility index (Phi) is 8.21. The third-order valence-electron chi connectivity index (χ3n) is 2.53. The predicted molar refractivity (Wildman–Crippen MR) is 66.3 cm³/mol. The summed E-state index contributed by atoms with van der Waals surface area (Å²) >= 11 is 0. The van der Waals surface area contributed by atoms with Crippen LogP contribution < -0.4 is 5.32 Å². The molecule has 0 aromatic rings.